The quantitative estimate of drug-likeness (QED) is 0.0398. The molecule has 0 saturated carbocycles. The van der Waals surface area contributed by atoms with Crippen LogP contribution in [0.3, 0.4) is 0 Å². The molecular weight excluding hydrogens is 825 g/mol. The van der Waals surface area contributed by atoms with E-state index in [1.807, 2.05) is 39.0 Å². The van der Waals surface area contributed by atoms with E-state index in [2.05, 4.69) is 45.1 Å². The Balaban J connectivity index is 1.38. The number of allylic oxidation sites excluding steroid dienone is 8. The Kier molecular flexibility index (Phi) is 20.4. The molecule has 346 valence electrons. The number of rotatable bonds is 23. The van der Waals surface area contributed by atoms with Crippen LogP contribution < -0.4 is 20.7 Å². The Bertz CT molecular complexity index is 2630. The molecule has 4 rings (SSSR count). The average molecular weight is 889 g/mol. The first-order valence-electron chi connectivity index (χ1n) is 22.2. The summed E-state index contributed by atoms with van der Waals surface area (Å²) < 4.78 is 33.8. The van der Waals surface area contributed by atoms with E-state index in [-0.39, 0.29) is 42.2 Å². The molecule has 1 atom stereocenters. The summed E-state index contributed by atoms with van der Waals surface area (Å²) >= 11 is 0. The predicted molar refractivity (Wildman–Crippen MR) is 256 cm³/mol. The molecule has 0 aliphatic carbocycles. The van der Waals surface area contributed by atoms with Crippen LogP contribution in [0.2, 0.25) is 0 Å². The number of hydrogen-bond acceptors (Lipinski definition) is 11. The molecule has 2 heterocycles. The molecule has 1 unspecified atom stereocenters. The maximum atomic E-state index is 13.1. The lowest BCUT2D eigenvalue weighted by Gasteiger charge is -2.17. The molecule has 0 aliphatic rings. The normalized spacial score (nSPS) is 13.6. The summed E-state index contributed by atoms with van der Waals surface area (Å²) in [4.78, 5) is 61.1. The first kappa shape index (κ1) is 51.3. The molecule has 4 aromatic rings. The van der Waals surface area contributed by atoms with Gasteiger partial charge in [-0.2, -0.15) is 0 Å². The van der Waals surface area contributed by atoms with Gasteiger partial charge in [-0.05, 0) is 116 Å². The fourth-order valence-corrected chi connectivity index (χ4v) is 7.13. The van der Waals surface area contributed by atoms with E-state index in [0.29, 0.717) is 47.0 Å². The lowest BCUT2D eigenvalue weighted by molar-refractivity contribution is -0.140. The van der Waals surface area contributed by atoms with E-state index in [9.17, 15) is 24.0 Å². The van der Waals surface area contributed by atoms with Crippen LogP contribution in [0.1, 0.15) is 118 Å². The summed E-state index contributed by atoms with van der Waals surface area (Å²) in [6.45, 7) is 17.0. The fourth-order valence-electron chi connectivity index (χ4n) is 7.13. The summed E-state index contributed by atoms with van der Waals surface area (Å²) in [5.41, 5.74) is 6.91. The highest BCUT2D eigenvalue weighted by molar-refractivity contribution is 5.88. The molecule has 11 nitrogen and oxygen atoms in total. The Hall–Kier alpha value is -6.33. The highest BCUT2D eigenvalue weighted by Crippen LogP contribution is 2.30. The lowest BCUT2D eigenvalue weighted by atomic mass is 10.0. The van der Waals surface area contributed by atoms with Crippen molar-refractivity contribution in [3.63, 3.8) is 0 Å². The largest absolute Gasteiger partial charge is 0.461 e. The third-order valence-corrected chi connectivity index (χ3v) is 10.6. The summed E-state index contributed by atoms with van der Waals surface area (Å²) in [5, 5.41) is 1.14. The van der Waals surface area contributed by atoms with Gasteiger partial charge in [0.1, 0.15) is 17.8 Å². The van der Waals surface area contributed by atoms with E-state index in [0.717, 1.165) is 66.4 Å². The lowest BCUT2D eigenvalue weighted by Crippen LogP contribution is -2.14. The van der Waals surface area contributed by atoms with Crippen molar-refractivity contribution in [3.05, 3.63) is 150 Å². The molecule has 0 amide bonds. The predicted octanol–water partition coefficient (Wildman–Crippen LogP) is 11.9. The molecule has 2 aromatic heterocycles. The highest BCUT2D eigenvalue weighted by atomic mass is 16.5. The zero-order valence-electron chi connectivity index (χ0n) is 39.4. The van der Waals surface area contributed by atoms with Gasteiger partial charge in [-0.1, -0.05) is 88.6 Å². The van der Waals surface area contributed by atoms with Crippen LogP contribution in [0.15, 0.2) is 137 Å². The van der Waals surface area contributed by atoms with Crippen molar-refractivity contribution in [1.82, 2.24) is 0 Å². The summed E-state index contributed by atoms with van der Waals surface area (Å²) in [7, 11) is 0. The summed E-state index contributed by atoms with van der Waals surface area (Å²) in [5.74, 6) is -0.855. The third-order valence-electron chi connectivity index (χ3n) is 10.6. The molecule has 0 bridgehead atoms. The van der Waals surface area contributed by atoms with Gasteiger partial charge in [0.2, 0.25) is 0 Å². The number of fused-ring (bicyclic) bond motifs is 2. The second-order valence-corrected chi connectivity index (χ2v) is 16.7. The number of para-hydroxylation sites is 2. The van der Waals surface area contributed by atoms with Crippen LogP contribution in [0.5, 0.6) is 11.5 Å². The van der Waals surface area contributed by atoms with Crippen molar-refractivity contribution in [1.29, 1.82) is 0 Å². The number of benzene rings is 2. The molecule has 0 radical (unpaired) electrons. The zero-order valence-corrected chi connectivity index (χ0v) is 39.4. The highest BCUT2D eigenvalue weighted by Gasteiger charge is 2.19. The molecule has 65 heavy (non-hydrogen) atoms. The summed E-state index contributed by atoms with van der Waals surface area (Å²) in [6.07, 6.45) is 18.5. The second kappa shape index (κ2) is 25.8. The molecule has 0 fully saturated rings. The molecule has 2 aromatic carbocycles. The van der Waals surface area contributed by atoms with Crippen molar-refractivity contribution in [2.75, 3.05) is 13.2 Å². The minimum atomic E-state index is -0.552. The Labute approximate surface area is 382 Å². The van der Waals surface area contributed by atoms with Gasteiger partial charge in [0.05, 0.1) is 34.6 Å². The number of ether oxygens (including phenoxy) is 4. The van der Waals surface area contributed by atoms with E-state index in [1.54, 1.807) is 42.5 Å². The van der Waals surface area contributed by atoms with Crippen LogP contribution >= 0.6 is 0 Å². The van der Waals surface area contributed by atoms with Crippen LogP contribution in [0.4, 0.5) is 0 Å². The molecule has 11 heteroatoms. The van der Waals surface area contributed by atoms with E-state index in [1.165, 1.54) is 26.3 Å². The molecule has 0 saturated heterocycles. The second-order valence-electron chi connectivity index (χ2n) is 16.7. The maximum absolute atomic E-state index is 13.1. The smallest absolute Gasteiger partial charge is 0.343 e. The molecular formula is C54H64O11. The minimum Gasteiger partial charge on any atom is -0.461 e. The van der Waals surface area contributed by atoms with Gasteiger partial charge in [-0.15, -0.1) is 0 Å². The Morgan fingerprint density at radius 3 is 1.45 bits per heavy atom. The van der Waals surface area contributed by atoms with Crippen molar-refractivity contribution in [2.24, 2.45) is 0 Å². The number of carbonyl (C=O) groups excluding carboxylic acids is 3. The average Bonchev–Trinajstić information content (AvgIpc) is 3.24. The Morgan fingerprint density at radius 2 is 0.954 bits per heavy atom. The van der Waals surface area contributed by atoms with Gasteiger partial charge in [0, 0.05) is 33.6 Å². The maximum Gasteiger partial charge on any atom is 0.343 e. The molecule has 0 spiro atoms. The Morgan fingerprint density at radius 1 is 0.523 bits per heavy atom. The van der Waals surface area contributed by atoms with E-state index in [4.69, 9.17) is 27.8 Å². The number of esters is 3. The van der Waals surface area contributed by atoms with Gasteiger partial charge in [-0.25, -0.2) is 9.59 Å². The van der Waals surface area contributed by atoms with Crippen LogP contribution in [0, 0.1) is 0 Å². The number of hydrogen-bond donors (Lipinski definition) is 0. The monoisotopic (exact) mass is 888 g/mol. The van der Waals surface area contributed by atoms with Gasteiger partial charge >= 0.3 is 29.2 Å². The first-order chi connectivity index (χ1) is 31.0. The zero-order chi connectivity index (χ0) is 47.5. The third kappa shape index (κ3) is 17.3. The fraction of sp³-hybridized carbons (Fsp3) is 0.389. The van der Waals surface area contributed by atoms with Gasteiger partial charge in [0.15, 0.2) is 11.5 Å². The van der Waals surface area contributed by atoms with Crippen LogP contribution in [0.25, 0.3) is 21.9 Å². The molecule has 0 N–H and O–H groups in total. The topological polar surface area (TPSA) is 149 Å². The van der Waals surface area contributed by atoms with Gasteiger partial charge < -0.3 is 27.8 Å². The van der Waals surface area contributed by atoms with Crippen molar-refractivity contribution < 1.29 is 42.2 Å². The van der Waals surface area contributed by atoms with Crippen LogP contribution in [-0.2, 0) is 36.7 Å². The van der Waals surface area contributed by atoms with E-state index < -0.39 is 23.2 Å². The van der Waals surface area contributed by atoms with Crippen molar-refractivity contribution in [2.45, 2.75) is 126 Å². The van der Waals surface area contributed by atoms with Gasteiger partial charge in [-0.3, -0.25) is 14.4 Å². The first-order valence-corrected chi connectivity index (χ1v) is 22.2. The molecule has 0 aliphatic heterocycles. The SMILES string of the molecule is CC(=O)OC/C(C)=C/CC/C(C)=C/C(C/C(C)=C/Cc1c(OC(C)=O)c2ccccc2oc1=O)OC/C(C)=C/CC/C(C)=C/CC/C(C)=C/Cc1c(OC(C)=O)c2ccccc2oc1=O. The van der Waals surface area contributed by atoms with Crippen molar-refractivity contribution in [3.8, 4) is 11.5 Å². The summed E-state index contributed by atoms with van der Waals surface area (Å²) in [6, 6.07) is 14.0. The van der Waals surface area contributed by atoms with E-state index >= 15 is 0 Å². The van der Waals surface area contributed by atoms with Crippen molar-refractivity contribution >= 4 is 39.8 Å². The standard InChI is InChI=1S/C54H64O11/c1-35(17-14-19-36(2)27-29-47-51(62-42(8)56)45-23-10-12-25-49(45)64-53(47)58)18-15-21-40(6)34-61-44(31-37(3)20-16-22-39(5)33-60-41(7)55)32-38(4)28-30-48-52(63-43(9)57)46-24-11-13-26-50(46)65-54(48)59/h10-13,17,21-28,31,44H,14-16,18-20,29-30,32-34H2,1-9H3/b35-17+,36-27+,37-31+,38-28+,39-22+,40-21+. The number of carbonyl (C=O) groups is 3. The van der Waals surface area contributed by atoms with Gasteiger partial charge in [0.25, 0.3) is 0 Å². The van der Waals surface area contributed by atoms with Crippen LogP contribution in [-0.4, -0.2) is 37.2 Å². The minimum absolute atomic E-state index is 0.216.